The maximum absolute atomic E-state index is 13.2. The molecule has 8 aromatic carbocycles. The molecule has 11 heterocycles. The number of piperidine rings is 1. The van der Waals surface area contributed by atoms with E-state index < -0.39 is 71.0 Å². The molecule has 0 spiro atoms. The number of imidazole rings is 4. The maximum Gasteiger partial charge on any atom is 0.260 e. The molecule has 5 unspecified atom stereocenters. The topological polar surface area (TPSA) is 309 Å². The number of nitrogens with one attached hydrogen (secondary N) is 8. The van der Waals surface area contributed by atoms with Gasteiger partial charge in [0.15, 0.2) is 23.3 Å². The van der Waals surface area contributed by atoms with Gasteiger partial charge >= 0.3 is 0 Å². The molecule has 4 aliphatic carbocycles. The number of amides is 4. The van der Waals surface area contributed by atoms with E-state index in [1.54, 1.807) is 48.5 Å². The normalized spacial score (nSPS) is 21.7. The molecule has 25 nitrogen and oxygen atoms in total. The minimum atomic E-state index is -2.89. The van der Waals surface area contributed by atoms with Crippen LogP contribution in [0.1, 0.15) is 120 Å². The lowest BCUT2D eigenvalue weighted by atomic mass is 9.99. The molecule has 5 atom stereocenters. The number of aromatic amines is 4. The molecule has 23 rings (SSSR count). The van der Waals surface area contributed by atoms with Gasteiger partial charge in [-0.15, -0.1) is 0 Å². The zero-order valence-corrected chi connectivity index (χ0v) is 67.2. The SMILES string of the molecule is CC1CCN(c2ccc3nc(C4=NCc5ccc(NC(=O)C6CC6(F)F)cc54)[nH]c3c2)CC1.CC1CN(c2ccc3nc(C4=NCc5ccc(NC(=O)C6CC6(F)F)cc54)[nH]c3c2)CCO1.O=C(Nc1ccc2c(c1)C(c1nc3ccc(N4CCOCC4)cc3[nH]1)=NC2)C1CC1(F)F.O=C(Nc1ccc2c(c1)C(c1nc3ccccc3[nH]1)=NC2)C1CC1(F)F. The maximum atomic E-state index is 13.2. The second kappa shape index (κ2) is 31.1. The number of hydrogen-bond acceptors (Lipinski definition) is 17. The molecule has 4 aromatic heterocycles. The molecule has 11 aliphatic rings. The molecule has 8 N–H and O–H groups in total. The molecule has 3 saturated heterocycles. The summed E-state index contributed by atoms with van der Waals surface area (Å²) in [6, 6.07) is 47.8. The van der Waals surface area contributed by atoms with E-state index in [1.165, 1.54) is 18.5 Å². The number of aliphatic imine (C=N–C) groups is 4. The number of anilines is 7. The van der Waals surface area contributed by atoms with Crippen molar-refractivity contribution in [1.82, 2.24) is 39.9 Å². The third kappa shape index (κ3) is 16.1. The fourth-order valence-corrected chi connectivity index (χ4v) is 16.9. The summed E-state index contributed by atoms with van der Waals surface area (Å²) in [6.07, 6.45) is 1.07. The number of fused-ring (bicyclic) bond motifs is 8. The number of carbonyl (C=O) groups excluding carboxylic acids is 4. The fraction of sp³-hybridized carbons (Fsp3) is 0.341. The minimum absolute atomic E-state index is 0.192. The third-order valence-corrected chi connectivity index (χ3v) is 24.5. The zero-order valence-electron chi connectivity index (χ0n) is 67.2. The molecule has 33 heteroatoms. The van der Waals surface area contributed by atoms with Gasteiger partial charge in [-0.05, 0) is 163 Å². The van der Waals surface area contributed by atoms with E-state index in [2.05, 4.69) is 131 Å². The first-order valence-electron chi connectivity index (χ1n) is 41.6. The van der Waals surface area contributed by atoms with E-state index in [-0.39, 0.29) is 31.8 Å². The van der Waals surface area contributed by atoms with Crippen LogP contribution in [0.5, 0.6) is 0 Å². The van der Waals surface area contributed by atoms with Gasteiger partial charge in [0.1, 0.15) is 46.5 Å². The molecule has 4 amide bonds. The Hall–Kier alpha value is -13.0. The average molecular weight is 1690 g/mol. The van der Waals surface area contributed by atoms with E-state index in [0.29, 0.717) is 96.0 Å². The monoisotopic (exact) mass is 1690 g/mol. The predicted octanol–water partition coefficient (Wildman–Crippen LogP) is 15.3. The second-order valence-electron chi connectivity index (χ2n) is 33.5. The predicted molar refractivity (Wildman–Crippen MR) is 456 cm³/mol. The number of nitrogens with zero attached hydrogens (tertiary/aromatic N) is 11. The number of hydrogen-bond donors (Lipinski definition) is 8. The highest BCUT2D eigenvalue weighted by Gasteiger charge is 2.63. The Balaban J connectivity index is 0.000000105. The van der Waals surface area contributed by atoms with Crippen LogP contribution in [-0.4, -0.2) is 175 Å². The van der Waals surface area contributed by atoms with Gasteiger partial charge in [-0.3, -0.25) is 39.1 Å². The number of carbonyl (C=O) groups is 4. The van der Waals surface area contributed by atoms with Crippen molar-refractivity contribution in [3.05, 3.63) is 219 Å². The summed E-state index contributed by atoms with van der Waals surface area (Å²) in [6.45, 7) is 14.1. The summed E-state index contributed by atoms with van der Waals surface area (Å²) < 4.78 is 116. The molecular formula is C91H83F8N19O6. The number of H-pyrrole nitrogens is 4. The summed E-state index contributed by atoms with van der Waals surface area (Å²) >= 11 is 0. The van der Waals surface area contributed by atoms with Crippen LogP contribution in [0.25, 0.3) is 44.1 Å². The first-order valence-corrected chi connectivity index (χ1v) is 41.6. The zero-order chi connectivity index (χ0) is 85.2. The van der Waals surface area contributed by atoms with Crippen LogP contribution in [0.2, 0.25) is 0 Å². The van der Waals surface area contributed by atoms with Crippen molar-refractivity contribution in [3.63, 3.8) is 0 Å². The van der Waals surface area contributed by atoms with Gasteiger partial charge in [-0.25, -0.2) is 55.1 Å². The average Bonchev–Trinajstić information content (AvgIpc) is 1.62. The van der Waals surface area contributed by atoms with Gasteiger partial charge in [0, 0.05) is 127 Å². The fourth-order valence-electron chi connectivity index (χ4n) is 16.9. The lowest BCUT2D eigenvalue weighted by Gasteiger charge is -2.32. The van der Waals surface area contributed by atoms with Crippen molar-refractivity contribution in [2.75, 3.05) is 95.1 Å². The number of halogens is 8. The molecule has 7 fully saturated rings. The van der Waals surface area contributed by atoms with E-state index in [4.69, 9.17) is 24.4 Å². The highest BCUT2D eigenvalue weighted by Crippen LogP contribution is 2.52. The van der Waals surface area contributed by atoms with Crippen LogP contribution >= 0.6 is 0 Å². The molecule has 7 aliphatic heterocycles. The summed E-state index contributed by atoms with van der Waals surface area (Å²) in [7, 11) is 0. The van der Waals surface area contributed by atoms with Crippen molar-refractivity contribution >= 4 is 130 Å². The van der Waals surface area contributed by atoms with Crippen molar-refractivity contribution < 1.29 is 63.8 Å². The van der Waals surface area contributed by atoms with Crippen molar-refractivity contribution in [2.24, 2.45) is 49.6 Å². The second-order valence-corrected chi connectivity index (χ2v) is 33.5. The van der Waals surface area contributed by atoms with Gasteiger partial charge in [-0.1, -0.05) is 43.3 Å². The lowest BCUT2D eigenvalue weighted by molar-refractivity contribution is -0.120. The van der Waals surface area contributed by atoms with Gasteiger partial charge in [0.25, 0.3) is 23.7 Å². The van der Waals surface area contributed by atoms with Gasteiger partial charge in [-0.2, -0.15) is 0 Å². The van der Waals surface area contributed by atoms with Crippen molar-refractivity contribution in [2.45, 2.75) is 108 Å². The van der Waals surface area contributed by atoms with Crippen LogP contribution in [0, 0.1) is 29.6 Å². The molecule has 0 radical (unpaired) electrons. The molecule has 4 saturated carbocycles. The summed E-state index contributed by atoms with van der Waals surface area (Å²) in [5, 5.41) is 10.4. The van der Waals surface area contributed by atoms with Crippen molar-refractivity contribution in [3.8, 4) is 0 Å². The molecule has 124 heavy (non-hydrogen) atoms. The van der Waals surface area contributed by atoms with E-state index in [0.717, 1.165) is 164 Å². The Morgan fingerprint density at radius 2 is 0.677 bits per heavy atom. The van der Waals surface area contributed by atoms with Gasteiger partial charge in [0.2, 0.25) is 23.6 Å². The van der Waals surface area contributed by atoms with E-state index >= 15 is 0 Å². The number of ether oxygens (including phenoxy) is 2. The third-order valence-electron chi connectivity index (χ3n) is 24.5. The Kier molecular flexibility index (Phi) is 19.9. The summed E-state index contributed by atoms with van der Waals surface area (Å²) in [4.78, 5) is 106. The van der Waals surface area contributed by atoms with E-state index in [1.807, 2.05) is 66.7 Å². The van der Waals surface area contributed by atoms with Gasteiger partial charge in [0.05, 0.1) is 96.2 Å². The van der Waals surface area contributed by atoms with Crippen LogP contribution in [0.3, 0.4) is 0 Å². The number of aromatic nitrogens is 8. The summed E-state index contributed by atoms with van der Waals surface area (Å²) in [5.74, 6) is -15.6. The first kappa shape index (κ1) is 79.4. The first-order chi connectivity index (χ1) is 59.7. The number of benzene rings is 8. The molecule has 0 bridgehead atoms. The van der Waals surface area contributed by atoms with Crippen molar-refractivity contribution in [1.29, 1.82) is 0 Å². The highest BCUT2D eigenvalue weighted by atomic mass is 19.3. The Morgan fingerprint density at radius 1 is 0.371 bits per heavy atom. The van der Waals surface area contributed by atoms with Crippen LogP contribution in [0.15, 0.2) is 172 Å². The van der Waals surface area contributed by atoms with E-state index in [9.17, 15) is 54.3 Å². The molecular weight excluding hydrogens is 1610 g/mol. The van der Waals surface area contributed by atoms with Gasteiger partial charge < -0.3 is 65.4 Å². The number of alkyl halides is 8. The van der Waals surface area contributed by atoms with Crippen LogP contribution in [-0.2, 0) is 54.8 Å². The Labute approximate surface area is 703 Å². The molecule has 634 valence electrons. The minimum Gasteiger partial charge on any atom is -0.378 e. The number of rotatable bonds is 15. The number of morpholine rings is 2. The van der Waals surface area contributed by atoms with Crippen LogP contribution in [0.4, 0.5) is 74.9 Å². The highest BCUT2D eigenvalue weighted by molar-refractivity contribution is 6.18. The Morgan fingerprint density at radius 3 is 1.01 bits per heavy atom. The quantitative estimate of drug-likeness (QED) is 0.0443. The van der Waals surface area contributed by atoms with Crippen LogP contribution < -0.4 is 36.0 Å². The standard InChI is InChI=1S/C25H25F2N5O.C24H23F2N5O2.C23H21F2N5O2.C19H14F2N4O/c1-14-6-8-32(9-7-14)17-4-5-20-21(11-17)31-23(30-20)22-18-10-16(3-2-15(18)13-28-22)29-24(33)19-12-25(19,26)27;1-13-12-31(6-7-33-13)16-4-5-19-20(9-16)30-22(29-19)21-17-8-15(3-2-14(17)11-27-21)28-23(32)18-10-24(18,25)26;24-23(25)11-17(23)22(31)27-14-2-1-13-12-26-20(16(13)9-14)21-28-18-4-3-15(10-19(18)29-21)30-5-7-32-8-6-30;20-19(21)8-13(19)18(26)23-11-6-5-10-9-22-16(12(10)7-11)17-24-14-3-1-2-4-15(14)25-17/h2-5,10-11,14,19H,6-9,12-13H2,1H3,(H,29,33)(H,30,31);2-5,8-9,13,18H,6-7,10-12H2,1H3,(H,28,32)(H,29,30);1-4,9-10,17H,5-8,11-12H2,(H,27,31)(H,28,29);1-7,13H,8-9H2,(H,23,26)(H,24,25). The summed E-state index contributed by atoms with van der Waals surface area (Å²) in [5.41, 5.74) is 22.8. The number of para-hydroxylation sites is 2. The Bertz CT molecular complexity index is 6440. The lowest BCUT2D eigenvalue weighted by Crippen LogP contribution is -2.41. The largest absolute Gasteiger partial charge is 0.378 e. The molecule has 12 aromatic rings. The smallest absolute Gasteiger partial charge is 0.260 e.